The smallest absolute Gasteiger partial charge is 0.278 e. The highest BCUT2D eigenvalue weighted by Crippen LogP contribution is 2.13. The second-order valence-electron chi connectivity index (χ2n) is 4.59. The molecule has 0 bridgehead atoms. The van der Waals surface area contributed by atoms with Gasteiger partial charge in [0.25, 0.3) is 17.7 Å². The van der Waals surface area contributed by atoms with Gasteiger partial charge >= 0.3 is 0 Å². The standard InChI is InChI=1S/C13H13BN4O3/c1-6-9(11(15)19)12(20)16-13(21)10(6)18-17-8-4-2-7(14)3-5-8/h2-5,17H,14H2,1H3,(H2,15,19)(H,16,20,21)/b18-10-. The largest absolute Gasteiger partial charge is 0.365 e. The van der Waals surface area contributed by atoms with Crippen LogP contribution in [0.5, 0.6) is 0 Å². The minimum absolute atomic E-state index is 0.0519. The highest BCUT2D eigenvalue weighted by atomic mass is 16.2. The second kappa shape index (κ2) is 5.62. The van der Waals surface area contributed by atoms with Gasteiger partial charge in [-0.2, -0.15) is 5.10 Å². The van der Waals surface area contributed by atoms with Crippen LogP contribution in [0.2, 0.25) is 0 Å². The van der Waals surface area contributed by atoms with Gasteiger partial charge < -0.3 is 5.73 Å². The summed E-state index contributed by atoms with van der Waals surface area (Å²) in [6, 6.07) is 7.34. The van der Waals surface area contributed by atoms with Crippen LogP contribution in [0.15, 0.2) is 40.5 Å². The molecule has 3 amide bonds. The lowest BCUT2D eigenvalue weighted by atomic mass is 9.96. The molecule has 0 unspecified atom stereocenters. The predicted octanol–water partition coefficient (Wildman–Crippen LogP) is -1.83. The van der Waals surface area contributed by atoms with Gasteiger partial charge in [0.1, 0.15) is 13.4 Å². The number of anilines is 1. The van der Waals surface area contributed by atoms with E-state index in [-0.39, 0.29) is 16.9 Å². The lowest BCUT2D eigenvalue weighted by Gasteiger charge is -2.16. The molecule has 0 fully saturated rings. The lowest BCUT2D eigenvalue weighted by molar-refractivity contribution is -0.126. The van der Waals surface area contributed by atoms with Gasteiger partial charge in [-0.15, -0.1) is 0 Å². The molecular formula is C13H13BN4O3. The van der Waals surface area contributed by atoms with E-state index in [9.17, 15) is 14.4 Å². The first-order valence-corrected chi connectivity index (χ1v) is 6.17. The van der Waals surface area contributed by atoms with E-state index in [1.165, 1.54) is 6.92 Å². The SMILES string of the molecule is Bc1ccc(N/N=C2\C(=O)NC(=O)C(C(N)=O)=C2C)cc1. The van der Waals surface area contributed by atoms with E-state index in [1.807, 2.05) is 25.3 Å². The van der Waals surface area contributed by atoms with E-state index < -0.39 is 17.7 Å². The van der Waals surface area contributed by atoms with Crippen LogP contribution in [0, 0.1) is 0 Å². The molecule has 0 saturated heterocycles. The molecule has 0 aromatic heterocycles. The quantitative estimate of drug-likeness (QED) is 0.262. The molecule has 1 aromatic rings. The Bertz CT molecular complexity index is 692. The van der Waals surface area contributed by atoms with E-state index in [1.54, 1.807) is 12.1 Å². The summed E-state index contributed by atoms with van der Waals surface area (Å²) in [7, 11) is 1.95. The van der Waals surface area contributed by atoms with Crippen LogP contribution in [-0.4, -0.2) is 31.3 Å². The van der Waals surface area contributed by atoms with Gasteiger partial charge in [0, 0.05) is 5.57 Å². The van der Waals surface area contributed by atoms with Crippen molar-refractivity contribution >= 4 is 42.4 Å². The fourth-order valence-corrected chi connectivity index (χ4v) is 1.86. The third kappa shape index (κ3) is 2.99. The zero-order valence-corrected chi connectivity index (χ0v) is 11.6. The van der Waals surface area contributed by atoms with Gasteiger partial charge in [0.15, 0.2) is 5.71 Å². The number of nitrogens with two attached hydrogens (primary N) is 1. The Morgan fingerprint density at radius 3 is 2.43 bits per heavy atom. The molecule has 0 aliphatic carbocycles. The van der Waals surface area contributed by atoms with Crippen molar-refractivity contribution in [2.45, 2.75) is 6.92 Å². The van der Waals surface area contributed by atoms with E-state index in [0.29, 0.717) is 5.69 Å². The maximum Gasteiger partial charge on any atom is 0.278 e. The highest BCUT2D eigenvalue weighted by Gasteiger charge is 2.32. The lowest BCUT2D eigenvalue weighted by Crippen LogP contribution is -2.46. The van der Waals surface area contributed by atoms with Gasteiger partial charge in [-0.3, -0.25) is 25.1 Å². The molecular weight excluding hydrogens is 271 g/mol. The Morgan fingerprint density at radius 1 is 1.24 bits per heavy atom. The number of nitrogens with zero attached hydrogens (tertiary/aromatic N) is 1. The van der Waals surface area contributed by atoms with Crippen molar-refractivity contribution in [2.75, 3.05) is 5.43 Å². The van der Waals surface area contributed by atoms with Gasteiger partial charge in [0.05, 0.1) is 5.69 Å². The van der Waals surface area contributed by atoms with Crippen LogP contribution in [-0.2, 0) is 14.4 Å². The number of primary amides is 1. The van der Waals surface area contributed by atoms with Crippen molar-refractivity contribution in [1.82, 2.24) is 5.32 Å². The van der Waals surface area contributed by atoms with Crippen LogP contribution in [0.3, 0.4) is 0 Å². The Balaban J connectivity index is 2.34. The Kier molecular flexibility index (Phi) is 3.88. The van der Waals surface area contributed by atoms with Crippen molar-refractivity contribution in [1.29, 1.82) is 0 Å². The average molecular weight is 284 g/mol. The number of imide groups is 1. The van der Waals surface area contributed by atoms with Crippen LogP contribution >= 0.6 is 0 Å². The Labute approximate surface area is 121 Å². The number of carbonyl (C=O) groups is 3. The number of amides is 3. The zero-order chi connectivity index (χ0) is 15.6. The zero-order valence-electron chi connectivity index (χ0n) is 11.6. The van der Waals surface area contributed by atoms with Gasteiger partial charge in [0.2, 0.25) is 0 Å². The van der Waals surface area contributed by atoms with Crippen molar-refractivity contribution in [2.24, 2.45) is 10.8 Å². The van der Waals surface area contributed by atoms with E-state index >= 15 is 0 Å². The predicted molar refractivity (Wildman–Crippen MR) is 80.7 cm³/mol. The van der Waals surface area contributed by atoms with Crippen molar-refractivity contribution in [3.63, 3.8) is 0 Å². The Hall–Kier alpha value is -2.90. The van der Waals surface area contributed by atoms with Crippen LogP contribution < -0.4 is 21.9 Å². The number of benzene rings is 1. The third-order valence-electron chi connectivity index (χ3n) is 2.99. The molecule has 2 rings (SSSR count). The summed E-state index contributed by atoms with van der Waals surface area (Å²) in [6.45, 7) is 1.45. The number of hydrogen-bond donors (Lipinski definition) is 3. The Morgan fingerprint density at radius 2 is 1.86 bits per heavy atom. The minimum Gasteiger partial charge on any atom is -0.365 e. The average Bonchev–Trinajstić information content (AvgIpc) is 2.39. The molecule has 1 heterocycles. The van der Waals surface area contributed by atoms with Crippen molar-refractivity contribution in [3.05, 3.63) is 35.4 Å². The summed E-state index contributed by atoms with van der Waals surface area (Å²) in [6.07, 6.45) is 0. The second-order valence-corrected chi connectivity index (χ2v) is 4.59. The minimum atomic E-state index is -0.902. The highest BCUT2D eigenvalue weighted by molar-refractivity contribution is 6.52. The molecule has 4 N–H and O–H groups in total. The first-order valence-electron chi connectivity index (χ1n) is 6.17. The summed E-state index contributed by atoms with van der Waals surface area (Å²) in [5, 5.41) is 5.98. The van der Waals surface area contributed by atoms with E-state index in [0.717, 1.165) is 5.46 Å². The molecule has 21 heavy (non-hydrogen) atoms. The molecule has 7 nitrogen and oxygen atoms in total. The summed E-state index contributed by atoms with van der Waals surface area (Å²) in [5.74, 6) is -2.39. The van der Waals surface area contributed by atoms with Gasteiger partial charge in [-0.25, -0.2) is 0 Å². The number of hydrazone groups is 1. The molecule has 1 aromatic carbocycles. The normalized spacial score (nSPS) is 16.9. The molecule has 106 valence electrons. The first kappa shape index (κ1) is 14.5. The number of hydrogen-bond acceptors (Lipinski definition) is 5. The summed E-state index contributed by atoms with van der Waals surface area (Å²) in [4.78, 5) is 34.6. The monoisotopic (exact) mass is 284 g/mol. The van der Waals surface area contributed by atoms with Crippen molar-refractivity contribution in [3.8, 4) is 0 Å². The number of nitrogens with one attached hydrogen (secondary N) is 2. The van der Waals surface area contributed by atoms with E-state index in [2.05, 4.69) is 10.5 Å². The molecule has 1 aliphatic rings. The number of carbonyl (C=O) groups excluding carboxylic acids is 3. The maximum absolute atomic E-state index is 11.8. The summed E-state index contributed by atoms with van der Waals surface area (Å²) < 4.78 is 0. The topological polar surface area (TPSA) is 114 Å². The molecule has 0 atom stereocenters. The number of rotatable bonds is 3. The van der Waals surface area contributed by atoms with Crippen LogP contribution in [0.4, 0.5) is 5.69 Å². The molecule has 8 heteroatoms. The van der Waals surface area contributed by atoms with Crippen molar-refractivity contribution < 1.29 is 14.4 Å². The molecule has 0 spiro atoms. The van der Waals surface area contributed by atoms with Crippen LogP contribution in [0.25, 0.3) is 0 Å². The van der Waals surface area contributed by atoms with Gasteiger partial charge in [-0.1, -0.05) is 17.6 Å². The fraction of sp³-hybridized carbons (Fsp3) is 0.0769. The fourth-order valence-electron chi connectivity index (χ4n) is 1.86. The summed E-state index contributed by atoms with van der Waals surface area (Å²) in [5.41, 5.74) is 9.43. The first-order chi connectivity index (χ1) is 9.90. The maximum atomic E-state index is 11.8. The molecule has 0 saturated carbocycles. The molecule has 1 aliphatic heterocycles. The molecule has 0 radical (unpaired) electrons. The van der Waals surface area contributed by atoms with Crippen LogP contribution in [0.1, 0.15) is 6.92 Å². The summed E-state index contributed by atoms with van der Waals surface area (Å²) >= 11 is 0. The van der Waals surface area contributed by atoms with E-state index in [4.69, 9.17) is 5.73 Å². The third-order valence-corrected chi connectivity index (χ3v) is 2.99. The van der Waals surface area contributed by atoms with Gasteiger partial charge in [-0.05, 0) is 19.1 Å².